The third-order valence-corrected chi connectivity index (χ3v) is 2.54. The quantitative estimate of drug-likeness (QED) is 0.867. The Kier molecular flexibility index (Phi) is 4.89. The highest BCUT2D eigenvalue weighted by Gasteiger charge is 2.16. The minimum absolute atomic E-state index is 0.0266. The second-order valence-electron chi connectivity index (χ2n) is 3.28. The molecule has 0 fully saturated rings. The van der Waals surface area contributed by atoms with Crippen molar-refractivity contribution < 1.29 is 13.9 Å². The van der Waals surface area contributed by atoms with Crippen molar-refractivity contribution in [3.05, 3.63) is 34.1 Å². The summed E-state index contributed by atoms with van der Waals surface area (Å²) in [5, 5.41) is 0. The second kappa shape index (κ2) is 5.96. The van der Waals surface area contributed by atoms with Crippen molar-refractivity contribution in [1.29, 1.82) is 0 Å². The van der Waals surface area contributed by atoms with Gasteiger partial charge in [-0.1, -0.05) is 15.9 Å². The average molecular weight is 290 g/mol. The van der Waals surface area contributed by atoms with Gasteiger partial charge in [-0.2, -0.15) is 0 Å². The molecule has 2 N–H and O–H groups in total. The first-order valence-electron chi connectivity index (χ1n) is 4.90. The monoisotopic (exact) mass is 289 g/mol. The van der Waals surface area contributed by atoms with E-state index >= 15 is 0 Å². The Morgan fingerprint density at radius 2 is 2.31 bits per heavy atom. The minimum Gasteiger partial charge on any atom is -0.466 e. The van der Waals surface area contributed by atoms with Gasteiger partial charge in [0, 0.05) is 16.1 Å². The van der Waals surface area contributed by atoms with Crippen LogP contribution in [0.5, 0.6) is 0 Å². The molecule has 0 aliphatic rings. The van der Waals surface area contributed by atoms with Crippen LogP contribution in [0.15, 0.2) is 22.7 Å². The van der Waals surface area contributed by atoms with Gasteiger partial charge in [-0.3, -0.25) is 4.79 Å². The SMILES string of the molecule is CCOC(=O)C[C@@H](N)c1cc(Br)ccc1F. The number of esters is 1. The second-order valence-corrected chi connectivity index (χ2v) is 4.20. The molecule has 0 radical (unpaired) electrons. The van der Waals surface area contributed by atoms with Gasteiger partial charge in [0.05, 0.1) is 13.0 Å². The molecule has 0 aromatic heterocycles. The number of carbonyl (C=O) groups is 1. The molecule has 0 saturated heterocycles. The van der Waals surface area contributed by atoms with Gasteiger partial charge in [-0.25, -0.2) is 4.39 Å². The highest BCUT2D eigenvalue weighted by atomic mass is 79.9. The maximum Gasteiger partial charge on any atom is 0.307 e. The predicted molar refractivity (Wildman–Crippen MR) is 62.3 cm³/mol. The molecule has 0 amide bonds. The van der Waals surface area contributed by atoms with Crippen LogP contribution >= 0.6 is 15.9 Å². The highest BCUT2D eigenvalue weighted by Crippen LogP contribution is 2.22. The molecule has 0 aliphatic carbocycles. The summed E-state index contributed by atoms with van der Waals surface area (Å²) in [7, 11) is 0. The summed E-state index contributed by atoms with van der Waals surface area (Å²) in [5.74, 6) is -0.839. The number of hydrogen-bond donors (Lipinski definition) is 1. The Balaban J connectivity index is 2.76. The summed E-state index contributed by atoms with van der Waals surface area (Å²) in [5.41, 5.74) is 6.04. The standard InChI is InChI=1S/C11H13BrFNO2/c1-2-16-11(15)6-10(14)8-5-7(12)3-4-9(8)13/h3-5,10H,2,6,14H2,1H3/t10-/m1/s1. The molecule has 0 aliphatic heterocycles. The zero-order chi connectivity index (χ0) is 12.1. The van der Waals surface area contributed by atoms with E-state index in [4.69, 9.17) is 10.5 Å². The molecule has 0 heterocycles. The maximum absolute atomic E-state index is 13.4. The number of halogens is 2. The fourth-order valence-electron chi connectivity index (χ4n) is 1.31. The third-order valence-electron chi connectivity index (χ3n) is 2.05. The van der Waals surface area contributed by atoms with Crippen LogP contribution in [0, 0.1) is 5.82 Å². The van der Waals surface area contributed by atoms with Crippen molar-refractivity contribution in [2.75, 3.05) is 6.61 Å². The molecule has 88 valence electrons. The van der Waals surface area contributed by atoms with Crippen molar-refractivity contribution in [3.63, 3.8) is 0 Å². The van der Waals surface area contributed by atoms with Gasteiger partial charge in [-0.05, 0) is 25.1 Å². The molecule has 3 nitrogen and oxygen atoms in total. The Morgan fingerprint density at radius 1 is 1.62 bits per heavy atom. The number of rotatable bonds is 4. The molecule has 1 aromatic rings. The molecule has 5 heteroatoms. The summed E-state index contributed by atoms with van der Waals surface area (Å²) >= 11 is 3.22. The first kappa shape index (κ1) is 13.1. The Hall–Kier alpha value is -0.940. The van der Waals surface area contributed by atoms with Crippen molar-refractivity contribution in [1.82, 2.24) is 0 Å². The summed E-state index contributed by atoms with van der Waals surface area (Å²) in [4.78, 5) is 11.2. The molecule has 1 aromatic carbocycles. The van der Waals surface area contributed by atoms with Crippen LogP contribution in [0.3, 0.4) is 0 Å². The fourth-order valence-corrected chi connectivity index (χ4v) is 1.69. The summed E-state index contributed by atoms with van der Waals surface area (Å²) in [6.07, 6.45) is -0.0266. The molecule has 0 spiro atoms. The predicted octanol–water partition coefficient (Wildman–Crippen LogP) is 2.54. The third kappa shape index (κ3) is 3.57. The molecule has 0 saturated carbocycles. The first-order valence-corrected chi connectivity index (χ1v) is 5.70. The van der Waals surface area contributed by atoms with Crippen molar-refractivity contribution >= 4 is 21.9 Å². The lowest BCUT2D eigenvalue weighted by atomic mass is 10.0. The smallest absolute Gasteiger partial charge is 0.307 e. The van der Waals surface area contributed by atoms with Gasteiger partial charge >= 0.3 is 5.97 Å². The highest BCUT2D eigenvalue weighted by molar-refractivity contribution is 9.10. The topological polar surface area (TPSA) is 52.3 Å². The normalized spacial score (nSPS) is 12.2. The van der Waals surface area contributed by atoms with Gasteiger partial charge < -0.3 is 10.5 Å². The summed E-state index contributed by atoms with van der Waals surface area (Å²) < 4.78 is 18.9. The van der Waals surface area contributed by atoms with Gasteiger partial charge in [0.25, 0.3) is 0 Å². The number of benzene rings is 1. The average Bonchev–Trinajstić information content (AvgIpc) is 2.21. The summed E-state index contributed by atoms with van der Waals surface area (Å²) in [6.45, 7) is 2.01. The zero-order valence-corrected chi connectivity index (χ0v) is 10.5. The van der Waals surface area contributed by atoms with Crippen LogP contribution in [-0.2, 0) is 9.53 Å². The Morgan fingerprint density at radius 3 is 2.94 bits per heavy atom. The van der Waals surface area contributed by atoms with E-state index in [1.807, 2.05) is 0 Å². The molecule has 0 bridgehead atoms. The lowest BCUT2D eigenvalue weighted by molar-refractivity contribution is -0.143. The Bertz CT molecular complexity index is 384. The van der Waals surface area contributed by atoms with E-state index in [2.05, 4.69) is 15.9 Å². The number of hydrogen-bond acceptors (Lipinski definition) is 3. The molecule has 1 rings (SSSR count). The van der Waals surface area contributed by atoms with Crippen LogP contribution in [-0.4, -0.2) is 12.6 Å². The van der Waals surface area contributed by atoms with Crippen LogP contribution < -0.4 is 5.73 Å². The van der Waals surface area contributed by atoms with E-state index in [1.54, 1.807) is 19.1 Å². The minimum atomic E-state index is -0.684. The van der Waals surface area contributed by atoms with E-state index in [0.29, 0.717) is 12.2 Å². The van der Waals surface area contributed by atoms with Gasteiger partial charge in [0.15, 0.2) is 0 Å². The van der Waals surface area contributed by atoms with E-state index in [0.717, 1.165) is 4.47 Å². The van der Waals surface area contributed by atoms with E-state index < -0.39 is 17.8 Å². The van der Waals surface area contributed by atoms with E-state index in [-0.39, 0.29) is 6.42 Å². The van der Waals surface area contributed by atoms with Crippen molar-refractivity contribution in [2.24, 2.45) is 5.73 Å². The maximum atomic E-state index is 13.4. The van der Waals surface area contributed by atoms with Gasteiger partial charge in [-0.15, -0.1) is 0 Å². The lowest BCUT2D eigenvalue weighted by Gasteiger charge is -2.12. The first-order chi connectivity index (χ1) is 7.54. The van der Waals surface area contributed by atoms with E-state index in [9.17, 15) is 9.18 Å². The van der Waals surface area contributed by atoms with Crippen molar-refractivity contribution in [2.45, 2.75) is 19.4 Å². The number of ether oxygens (including phenoxy) is 1. The number of carbonyl (C=O) groups excluding carboxylic acids is 1. The summed E-state index contributed by atoms with van der Waals surface area (Å²) in [6, 6.07) is 3.77. The van der Waals surface area contributed by atoms with Crippen LogP contribution in [0.4, 0.5) is 4.39 Å². The number of nitrogens with two attached hydrogens (primary N) is 1. The van der Waals surface area contributed by atoms with E-state index in [1.165, 1.54) is 6.07 Å². The molecule has 16 heavy (non-hydrogen) atoms. The molecular weight excluding hydrogens is 277 g/mol. The Labute approximate surface area is 102 Å². The molecule has 0 unspecified atom stereocenters. The largest absolute Gasteiger partial charge is 0.466 e. The van der Waals surface area contributed by atoms with Crippen molar-refractivity contribution in [3.8, 4) is 0 Å². The van der Waals surface area contributed by atoms with Crippen LogP contribution in [0.25, 0.3) is 0 Å². The lowest BCUT2D eigenvalue weighted by Crippen LogP contribution is -2.18. The molecular formula is C11H13BrFNO2. The van der Waals surface area contributed by atoms with Crippen LogP contribution in [0.2, 0.25) is 0 Å². The fraction of sp³-hybridized carbons (Fsp3) is 0.364. The zero-order valence-electron chi connectivity index (χ0n) is 8.87. The van der Waals surface area contributed by atoms with Gasteiger partial charge in [0.1, 0.15) is 5.82 Å². The van der Waals surface area contributed by atoms with Crippen LogP contribution in [0.1, 0.15) is 24.9 Å². The molecule has 1 atom stereocenters. The van der Waals surface area contributed by atoms with Gasteiger partial charge in [0.2, 0.25) is 0 Å².